The number of esters is 1. The molecule has 1 aromatic carbocycles. The topological polar surface area (TPSA) is 38.3 Å². The Labute approximate surface area is 131 Å². The van der Waals surface area contributed by atoms with Crippen molar-refractivity contribution in [2.24, 2.45) is 5.92 Å². The average molecular weight is 318 g/mol. The van der Waals surface area contributed by atoms with Crippen LogP contribution >= 0.6 is 24.0 Å². The van der Waals surface area contributed by atoms with Gasteiger partial charge in [0.1, 0.15) is 0 Å². The molecule has 2 rings (SSSR count). The van der Waals surface area contributed by atoms with Crippen LogP contribution in [0.4, 0.5) is 0 Å². The molecule has 1 heterocycles. The number of piperidine rings is 1. The first-order chi connectivity index (χ1) is 9.19. The summed E-state index contributed by atoms with van der Waals surface area (Å²) in [6.07, 6.45) is 2.89. The molecule has 1 N–H and O–H groups in total. The molecule has 1 aromatic rings. The van der Waals surface area contributed by atoms with Crippen LogP contribution in [0.15, 0.2) is 24.3 Å². The van der Waals surface area contributed by atoms with E-state index in [1.54, 1.807) is 0 Å². The maximum Gasteiger partial charge on any atom is 0.310 e. The van der Waals surface area contributed by atoms with Crippen LogP contribution in [0.3, 0.4) is 0 Å². The Morgan fingerprint density at radius 2 is 2.05 bits per heavy atom. The Morgan fingerprint density at radius 3 is 2.60 bits per heavy atom. The van der Waals surface area contributed by atoms with E-state index in [1.165, 1.54) is 5.56 Å². The SMILES string of the molecule is CCOC(=O)C1CC[C@H](Cc2ccc(Cl)cc2)NC1.Cl. The number of hydrogen-bond acceptors (Lipinski definition) is 3. The van der Waals surface area contributed by atoms with E-state index in [0.717, 1.165) is 30.8 Å². The summed E-state index contributed by atoms with van der Waals surface area (Å²) >= 11 is 5.87. The molecule has 0 radical (unpaired) electrons. The standard InChI is InChI=1S/C15H20ClNO2.ClH/c1-2-19-15(18)12-5-8-14(17-10-12)9-11-3-6-13(16)7-4-11;/h3-4,6-7,12,14,17H,2,5,8-10H2,1H3;1H/t12?,14-;/m1./s1. The number of benzene rings is 1. The van der Waals surface area contributed by atoms with E-state index >= 15 is 0 Å². The first-order valence-corrected chi connectivity index (χ1v) is 7.21. The van der Waals surface area contributed by atoms with E-state index in [2.05, 4.69) is 17.4 Å². The van der Waals surface area contributed by atoms with Gasteiger partial charge in [-0.25, -0.2) is 0 Å². The highest BCUT2D eigenvalue weighted by atomic mass is 35.5. The fourth-order valence-corrected chi connectivity index (χ4v) is 2.58. The zero-order valence-electron chi connectivity index (χ0n) is 11.6. The summed E-state index contributed by atoms with van der Waals surface area (Å²) in [6.45, 7) is 3.03. The Hall–Kier alpha value is -0.770. The van der Waals surface area contributed by atoms with Crippen LogP contribution in [0, 0.1) is 5.92 Å². The highest BCUT2D eigenvalue weighted by Gasteiger charge is 2.26. The lowest BCUT2D eigenvalue weighted by molar-refractivity contribution is -0.148. The number of carbonyl (C=O) groups excluding carboxylic acids is 1. The number of nitrogens with one attached hydrogen (secondary N) is 1. The van der Waals surface area contributed by atoms with Crippen LogP contribution in [0.25, 0.3) is 0 Å². The van der Waals surface area contributed by atoms with Crippen LogP contribution in [-0.2, 0) is 16.0 Å². The minimum atomic E-state index is -0.0695. The molecule has 5 heteroatoms. The summed E-state index contributed by atoms with van der Waals surface area (Å²) in [5, 5.41) is 4.20. The van der Waals surface area contributed by atoms with Crippen molar-refractivity contribution < 1.29 is 9.53 Å². The Balaban J connectivity index is 0.00000200. The lowest BCUT2D eigenvalue weighted by Gasteiger charge is -2.28. The number of ether oxygens (including phenoxy) is 1. The van der Waals surface area contributed by atoms with E-state index in [1.807, 2.05) is 19.1 Å². The smallest absolute Gasteiger partial charge is 0.310 e. The van der Waals surface area contributed by atoms with Crippen LogP contribution in [-0.4, -0.2) is 25.2 Å². The molecule has 0 spiro atoms. The molecule has 1 unspecified atom stereocenters. The molecule has 1 aliphatic heterocycles. The minimum absolute atomic E-state index is 0. The molecule has 112 valence electrons. The van der Waals surface area contributed by atoms with Crippen molar-refractivity contribution in [3.63, 3.8) is 0 Å². The summed E-state index contributed by atoms with van der Waals surface area (Å²) in [6, 6.07) is 8.39. The number of hydrogen-bond donors (Lipinski definition) is 1. The lowest BCUT2D eigenvalue weighted by atomic mass is 9.91. The Kier molecular flexibility index (Phi) is 7.35. The largest absolute Gasteiger partial charge is 0.466 e. The van der Waals surface area contributed by atoms with Crippen LogP contribution in [0.5, 0.6) is 0 Å². The normalized spacial score (nSPS) is 21.9. The Morgan fingerprint density at radius 1 is 1.35 bits per heavy atom. The second kappa shape index (κ2) is 8.50. The zero-order valence-corrected chi connectivity index (χ0v) is 13.2. The summed E-state index contributed by atoms with van der Waals surface area (Å²) < 4.78 is 5.05. The second-order valence-electron chi connectivity index (χ2n) is 4.96. The summed E-state index contributed by atoms with van der Waals surface area (Å²) in [5.41, 5.74) is 1.27. The molecular formula is C15H21Cl2NO2. The van der Waals surface area contributed by atoms with Crippen LogP contribution < -0.4 is 5.32 Å². The molecule has 0 aliphatic carbocycles. The van der Waals surface area contributed by atoms with Crippen molar-refractivity contribution in [3.05, 3.63) is 34.9 Å². The van der Waals surface area contributed by atoms with Crippen molar-refractivity contribution in [1.29, 1.82) is 0 Å². The van der Waals surface area contributed by atoms with Gasteiger partial charge in [-0.3, -0.25) is 4.79 Å². The van der Waals surface area contributed by atoms with Gasteiger partial charge in [-0.15, -0.1) is 12.4 Å². The van der Waals surface area contributed by atoms with Crippen molar-refractivity contribution >= 4 is 30.0 Å². The molecule has 1 saturated heterocycles. The molecule has 20 heavy (non-hydrogen) atoms. The van der Waals surface area contributed by atoms with Gasteiger partial charge in [0.25, 0.3) is 0 Å². The molecule has 0 bridgehead atoms. The van der Waals surface area contributed by atoms with E-state index in [9.17, 15) is 4.79 Å². The van der Waals surface area contributed by atoms with E-state index in [-0.39, 0.29) is 24.3 Å². The van der Waals surface area contributed by atoms with Gasteiger partial charge >= 0.3 is 5.97 Å². The summed E-state index contributed by atoms with van der Waals surface area (Å²) in [7, 11) is 0. The highest BCUT2D eigenvalue weighted by Crippen LogP contribution is 2.19. The molecule has 0 amide bonds. The van der Waals surface area contributed by atoms with E-state index in [4.69, 9.17) is 16.3 Å². The predicted molar refractivity (Wildman–Crippen MR) is 83.6 cm³/mol. The van der Waals surface area contributed by atoms with Gasteiger partial charge < -0.3 is 10.1 Å². The molecule has 3 nitrogen and oxygen atoms in total. The first kappa shape index (κ1) is 17.3. The van der Waals surface area contributed by atoms with Gasteiger partial charge in [0.05, 0.1) is 12.5 Å². The van der Waals surface area contributed by atoms with E-state index in [0.29, 0.717) is 12.6 Å². The molecule has 1 fully saturated rings. The van der Waals surface area contributed by atoms with Crippen molar-refractivity contribution in [3.8, 4) is 0 Å². The lowest BCUT2D eigenvalue weighted by Crippen LogP contribution is -2.43. The van der Waals surface area contributed by atoms with Crippen molar-refractivity contribution in [1.82, 2.24) is 5.32 Å². The number of halogens is 2. The van der Waals surface area contributed by atoms with Crippen molar-refractivity contribution in [2.45, 2.75) is 32.2 Å². The molecule has 1 aliphatic rings. The highest BCUT2D eigenvalue weighted by molar-refractivity contribution is 6.30. The number of rotatable bonds is 4. The minimum Gasteiger partial charge on any atom is -0.466 e. The van der Waals surface area contributed by atoms with Gasteiger partial charge in [0.2, 0.25) is 0 Å². The first-order valence-electron chi connectivity index (χ1n) is 6.83. The summed E-state index contributed by atoms with van der Waals surface area (Å²) in [4.78, 5) is 11.6. The van der Waals surface area contributed by atoms with Gasteiger partial charge in [-0.2, -0.15) is 0 Å². The molecule has 0 saturated carbocycles. The number of carbonyl (C=O) groups is 1. The monoisotopic (exact) mass is 317 g/mol. The third-order valence-electron chi connectivity index (χ3n) is 3.53. The summed E-state index contributed by atoms with van der Waals surface area (Å²) in [5.74, 6) is -0.0543. The van der Waals surface area contributed by atoms with Gasteiger partial charge in [-0.05, 0) is 43.9 Å². The maximum absolute atomic E-state index is 11.6. The third-order valence-corrected chi connectivity index (χ3v) is 3.78. The third kappa shape index (κ3) is 4.97. The van der Waals surface area contributed by atoms with E-state index < -0.39 is 0 Å². The van der Waals surface area contributed by atoms with Crippen LogP contribution in [0.1, 0.15) is 25.3 Å². The second-order valence-corrected chi connectivity index (χ2v) is 5.40. The maximum atomic E-state index is 11.6. The zero-order chi connectivity index (χ0) is 13.7. The average Bonchev–Trinajstić information content (AvgIpc) is 2.42. The van der Waals surface area contributed by atoms with Gasteiger partial charge in [-0.1, -0.05) is 23.7 Å². The quantitative estimate of drug-likeness (QED) is 0.866. The molecule has 0 aromatic heterocycles. The van der Waals surface area contributed by atoms with Crippen LogP contribution in [0.2, 0.25) is 5.02 Å². The fourth-order valence-electron chi connectivity index (χ4n) is 2.46. The van der Waals surface area contributed by atoms with Crippen molar-refractivity contribution in [2.75, 3.05) is 13.2 Å². The van der Waals surface area contributed by atoms with Gasteiger partial charge in [0, 0.05) is 17.6 Å². The molecular weight excluding hydrogens is 297 g/mol. The van der Waals surface area contributed by atoms with Gasteiger partial charge in [0.15, 0.2) is 0 Å². The fraction of sp³-hybridized carbons (Fsp3) is 0.533. The molecule has 2 atom stereocenters. The Bertz CT molecular complexity index is 414. The predicted octanol–water partition coefficient (Wildman–Crippen LogP) is 3.24.